The summed E-state index contributed by atoms with van der Waals surface area (Å²) in [5.74, 6) is 0. The van der Waals surface area contributed by atoms with Crippen molar-refractivity contribution < 1.29 is 0 Å². The van der Waals surface area contributed by atoms with Crippen LogP contribution in [0, 0.1) is 0 Å². The molecule has 19 aromatic carbocycles. The summed E-state index contributed by atoms with van der Waals surface area (Å²) in [6.45, 7) is 0. The monoisotopic (exact) mass is 1530 g/mol. The third-order valence-corrected chi connectivity index (χ3v) is 26.1. The maximum atomic E-state index is 3.81. The molecule has 1 spiro atoms. The molecule has 4 aliphatic rings. The molecule has 1 atom stereocenters. The van der Waals surface area contributed by atoms with Gasteiger partial charge in [-0.2, -0.15) is 0 Å². The first-order chi connectivity index (χ1) is 59.6. The topological polar surface area (TPSA) is 20.2 Å². The standard InChI is InChI=1S/C74H48N2.C43H31N/c1-4-22-49(23-5-1)50-42-44-51(45-43-50)55-28-12-17-38-67(55)75(54-46-47-57-56-29-10-14-33-61(56)73(66(57)48-54,52-24-6-2-7-25-52)53-26-8-3-9-27-53)70-41-21-36-64-71(70)60-31-11-15-34-62(60)74(64)63-35-16-19-40-69(63)76-68-39-18-13-30-58(68)59-32-20-37-65(74)72(59)76;1-4-14-31(15-5-1)32-24-26-33(27-25-32)37-20-11-13-23-42(37)44-36-28-29-39-38-21-10-12-22-40(38)43(41(39)30-36,34-16-6-2-7-17-34)35-18-8-3-9-19-35/h1-48H;1-30,44H. The lowest BCUT2D eigenvalue weighted by Crippen LogP contribution is -2.33. The molecular formula is C117H79N3. The van der Waals surface area contributed by atoms with Crippen molar-refractivity contribution >= 4 is 50.2 Å². The number of rotatable bonds is 13. The minimum atomic E-state index is -0.615. The molecule has 0 amide bonds. The van der Waals surface area contributed by atoms with Gasteiger partial charge in [-0.05, 0) is 183 Å². The van der Waals surface area contributed by atoms with Gasteiger partial charge >= 0.3 is 0 Å². The van der Waals surface area contributed by atoms with E-state index >= 15 is 0 Å². The van der Waals surface area contributed by atoms with E-state index in [0.717, 1.165) is 39.6 Å². The number of fused-ring (bicyclic) bond motifs is 18. The van der Waals surface area contributed by atoms with E-state index in [1.54, 1.807) is 0 Å². The van der Waals surface area contributed by atoms with Crippen molar-refractivity contribution in [3.63, 3.8) is 0 Å². The summed E-state index contributed by atoms with van der Waals surface area (Å²) in [5, 5.41) is 6.36. The second kappa shape index (κ2) is 28.5. The zero-order valence-corrected chi connectivity index (χ0v) is 65.9. The first-order valence-corrected chi connectivity index (χ1v) is 41.7. The van der Waals surface area contributed by atoms with E-state index in [-0.39, 0.29) is 0 Å². The SMILES string of the molecule is c1ccc(-c2ccc(-c3ccccc3N(c3ccc4c(c3)C(c3ccccc3)(c3ccccc3)c3ccccc3-4)c3cccc4c3-c3ccccc3C43c4ccccc4-n4c5ccccc5c5cccc3c54)cc2)cc1.c1ccc(-c2ccc(-c3ccccc3Nc3ccc4c(c3)C(c3ccccc3)(c3ccccc3)c3ccccc3-4)cc2)cc1. The van der Waals surface area contributed by atoms with Crippen molar-refractivity contribution in [2.45, 2.75) is 16.2 Å². The van der Waals surface area contributed by atoms with Gasteiger partial charge in [0.05, 0.1) is 44.3 Å². The highest BCUT2D eigenvalue weighted by Crippen LogP contribution is 2.65. The number of nitrogens with one attached hydrogen (secondary N) is 1. The van der Waals surface area contributed by atoms with Gasteiger partial charge in [-0.25, -0.2) is 0 Å². The average Bonchev–Trinajstić information content (AvgIpc) is 1.49. The molecule has 0 fully saturated rings. The van der Waals surface area contributed by atoms with Crippen molar-refractivity contribution in [1.82, 2.24) is 4.57 Å². The molecule has 1 aromatic heterocycles. The van der Waals surface area contributed by atoms with E-state index in [1.807, 2.05) is 0 Å². The Morgan fingerprint density at radius 2 is 0.600 bits per heavy atom. The zero-order valence-electron chi connectivity index (χ0n) is 65.9. The summed E-state index contributed by atoms with van der Waals surface area (Å²) in [5.41, 5.74) is 40.1. The molecule has 3 nitrogen and oxygen atoms in total. The van der Waals surface area contributed by atoms with Crippen LogP contribution in [0.15, 0.2) is 473 Å². The van der Waals surface area contributed by atoms with Crippen LogP contribution in [-0.4, -0.2) is 4.57 Å². The van der Waals surface area contributed by atoms with E-state index in [4.69, 9.17) is 0 Å². The molecule has 1 N–H and O–H groups in total. The highest BCUT2D eigenvalue weighted by Gasteiger charge is 2.53. The predicted octanol–water partition coefficient (Wildman–Crippen LogP) is 29.8. The molecule has 2 heterocycles. The molecule has 1 unspecified atom stereocenters. The molecular weight excluding hydrogens is 1450 g/mol. The number of para-hydroxylation sites is 5. The summed E-state index contributed by atoms with van der Waals surface area (Å²) < 4.78 is 2.53. The molecule has 1 aliphatic heterocycles. The third kappa shape index (κ3) is 10.6. The Morgan fingerprint density at radius 3 is 1.18 bits per heavy atom. The molecule has 0 bridgehead atoms. The highest BCUT2D eigenvalue weighted by atomic mass is 15.1. The predicted molar refractivity (Wildman–Crippen MR) is 499 cm³/mol. The summed E-state index contributed by atoms with van der Waals surface area (Å²) in [6, 6.07) is 175. The van der Waals surface area contributed by atoms with Crippen molar-refractivity contribution in [2.24, 2.45) is 0 Å². The van der Waals surface area contributed by atoms with Crippen LogP contribution < -0.4 is 10.2 Å². The van der Waals surface area contributed by atoms with Crippen LogP contribution in [0.5, 0.6) is 0 Å². The van der Waals surface area contributed by atoms with Crippen LogP contribution in [0.2, 0.25) is 0 Å². The number of anilines is 5. The molecule has 120 heavy (non-hydrogen) atoms. The number of hydrogen-bond acceptors (Lipinski definition) is 2. The quantitative estimate of drug-likeness (QED) is 0.124. The van der Waals surface area contributed by atoms with Crippen molar-refractivity contribution in [3.8, 4) is 83.6 Å². The minimum Gasteiger partial charge on any atom is -0.355 e. The van der Waals surface area contributed by atoms with E-state index in [9.17, 15) is 0 Å². The Morgan fingerprint density at radius 1 is 0.217 bits per heavy atom. The van der Waals surface area contributed by atoms with Crippen LogP contribution in [-0.2, 0) is 16.2 Å². The first-order valence-electron chi connectivity index (χ1n) is 41.7. The molecule has 24 rings (SSSR count). The maximum absolute atomic E-state index is 3.81. The summed E-state index contributed by atoms with van der Waals surface area (Å²) in [6.07, 6.45) is 0. The number of hydrogen-bond donors (Lipinski definition) is 1. The normalized spacial score (nSPS) is 14.2. The molecule has 562 valence electrons. The first kappa shape index (κ1) is 70.0. The smallest absolute Gasteiger partial charge is 0.0755 e. The number of nitrogens with zero attached hydrogens (tertiary/aromatic N) is 2. The van der Waals surface area contributed by atoms with Crippen LogP contribution in [0.25, 0.3) is 105 Å². The molecule has 0 saturated carbocycles. The Kier molecular flexibility index (Phi) is 16.6. The lowest BCUT2D eigenvalue weighted by molar-refractivity contribution is 0.748. The Bertz CT molecular complexity index is 7260. The summed E-state index contributed by atoms with van der Waals surface area (Å²) in [4.78, 5) is 2.59. The largest absolute Gasteiger partial charge is 0.355 e. The van der Waals surface area contributed by atoms with Crippen molar-refractivity contribution in [2.75, 3.05) is 10.2 Å². The number of aromatic nitrogens is 1. The fourth-order valence-corrected chi connectivity index (χ4v) is 21.1. The minimum absolute atomic E-state index is 0.418. The average molecular weight is 1530 g/mol. The van der Waals surface area contributed by atoms with E-state index < -0.39 is 16.2 Å². The Hall–Kier alpha value is -15.4. The van der Waals surface area contributed by atoms with Crippen LogP contribution >= 0.6 is 0 Å². The lowest BCUT2D eigenvalue weighted by atomic mass is 9.65. The molecule has 0 saturated heterocycles. The van der Waals surface area contributed by atoms with Crippen LogP contribution in [0.3, 0.4) is 0 Å². The van der Waals surface area contributed by atoms with Crippen LogP contribution in [0.4, 0.5) is 28.4 Å². The van der Waals surface area contributed by atoms with Gasteiger partial charge in [0.1, 0.15) is 0 Å². The summed E-state index contributed by atoms with van der Waals surface area (Å²) >= 11 is 0. The van der Waals surface area contributed by atoms with Gasteiger partial charge in [-0.1, -0.05) is 419 Å². The van der Waals surface area contributed by atoms with Gasteiger partial charge in [0, 0.05) is 44.5 Å². The summed E-state index contributed by atoms with van der Waals surface area (Å²) in [7, 11) is 0. The van der Waals surface area contributed by atoms with Gasteiger partial charge in [0.2, 0.25) is 0 Å². The second-order valence-electron chi connectivity index (χ2n) is 32.0. The zero-order chi connectivity index (χ0) is 79.3. The van der Waals surface area contributed by atoms with Crippen molar-refractivity contribution in [1.29, 1.82) is 0 Å². The van der Waals surface area contributed by atoms with Gasteiger partial charge < -0.3 is 14.8 Å². The lowest BCUT2D eigenvalue weighted by Gasteiger charge is -2.40. The van der Waals surface area contributed by atoms with E-state index in [2.05, 4.69) is 488 Å². The van der Waals surface area contributed by atoms with Gasteiger partial charge in [0.15, 0.2) is 0 Å². The Labute approximate surface area is 700 Å². The Balaban J connectivity index is 0.000000162. The number of benzene rings is 19. The third-order valence-electron chi connectivity index (χ3n) is 26.1. The van der Waals surface area contributed by atoms with Crippen molar-refractivity contribution in [3.05, 3.63) is 540 Å². The van der Waals surface area contributed by atoms with Gasteiger partial charge in [-0.3, -0.25) is 0 Å². The highest BCUT2D eigenvalue weighted by molar-refractivity contribution is 6.14. The maximum Gasteiger partial charge on any atom is 0.0755 e. The molecule has 0 radical (unpaired) electrons. The second-order valence-corrected chi connectivity index (χ2v) is 32.0. The van der Waals surface area contributed by atoms with E-state index in [0.29, 0.717) is 0 Å². The molecule has 3 aliphatic carbocycles. The van der Waals surface area contributed by atoms with Crippen LogP contribution in [0.1, 0.15) is 66.8 Å². The fraction of sp³-hybridized carbons (Fsp3) is 0.0256. The molecule has 3 heteroatoms. The molecule has 20 aromatic rings. The fourth-order valence-electron chi connectivity index (χ4n) is 21.1. The van der Waals surface area contributed by atoms with Gasteiger partial charge in [-0.15, -0.1) is 0 Å². The van der Waals surface area contributed by atoms with Gasteiger partial charge in [0.25, 0.3) is 0 Å². The van der Waals surface area contributed by atoms with E-state index in [1.165, 1.54) is 161 Å².